The summed E-state index contributed by atoms with van der Waals surface area (Å²) in [6.45, 7) is 18.0. The summed E-state index contributed by atoms with van der Waals surface area (Å²) < 4.78 is 0. The number of fused-ring (bicyclic) bond motifs is 10. The Hall–Kier alpha value is -1.22. The van der Waals surface area contributed by atoms with Crippen molar-refractivity contribution >= 4 is 11.6 Å². The van der Waals surface area contributed by atoms with Crippen molar-refractivity contribution in [2.45, 2.75) is 143 Å². The maximum atomic E-state index is 12.1. The minimum Gasteiger partial charge on any atom is -0.393 e. The Morgan fingerprint density at radius 1 is 0.581 bits per heavy atom. The van der Waals surface area contributed by atoms with Crippen molar-refractivity contribution in [3.05, 3.63) is 24.3 Å². The Balaban J connectivity index is 0.000000140. The molecular weight excluding hydrogens is 528 g/mol. The van der Waals surface area contributed by atoms with Crippen LogP contribution in [-0.4, -0.2) is 22.8 Å². The van der Waals surface area contributed by atoms with Gasteiger partial charge in [-0.2, -0.15) is 0 Å². The molecule has 8 aliphatic rings. The van der Waals surface area contributed by atoms with E-state index in [4.69, 9.17) is 0 Å². The number of hydrogen-bond acceptors (Lipinski definition) is 3. The molecule has 0 aliphatic heterocycles. The minimum atomic E-state index is -0.0909. The molecule has 3 nitrogen and oxygen atoms in total. The highest BCUT2D eigenvalue weighted by molar-refractivity contribution is 5.96. The van der Waals surface area contributed by atoms with E-state index in [0.29, 0.717) is 40.2 Å². The Bertz CT molecular complexity index is 1200. The van der Waals surface area contributed by atoms with Crippen LogP contribution in [-0.2, 0) is 9.59 Å². The van der Waals surface area contributed by atoms with E-state index in [0.717, 1.165) is 72.8 Å². The van der Waals surface area contributed by atoms with Gasteiger partial charge in [0.2, 0.25) is 0 Å². The summed E-state index contributed by atoms with van der Waals surface area (Å²) in [7, 11) is 0. The van der Waals surface area contributed by atoms with Gasteiger partial charge in [-0.1, -0.05) is 47.3 Å². The average molecular weight is 589 g/mol. The molecule has 8 saturated carbocycles. The zero-order chi connectivity index (χ0) is 30.5. The van der Waals surface area contributed by atoms with Gasteiger partial charge >= 0.3 is 0 Å². The van der Waals surface area contributed by atoms with Crippen molar-refractivity contribution in [1.29, 1.82) is 0 Å². The lowest BCUT2D eigenvalue weighted by molar-refractivity contribution is -0.134. The van der Waals surface area contributed by atoms with E-state index in [-0.39, 0.29) is 16.9 Å². The number of ketones is 2. The van der Waals surface area contributed by atoms with Crippen molar-refractivity contribution in [2.24, 2.45) is 69.0 Å². The number of carbonyl (C=O) groups excluding carboxylic acids is 2. The summed E-state index contributed by atoms with van der Waals surface area (Å²) in [4.78, 5) is 24.2. The van der Waals surface area contributed by atoms with E-state index < -0.39 is 0 Å². The second-order valence-corrected chi connectivity index (χ2v) is 18.4. The molecule has 8 aliphatic carbocycles. The molecule has 0 aromatic rings. The normalized spacial score (nSPS) is 53.8. The van der Waals surface area contributed by atoms with E-state index in [9.17, 15) is 14.7 Å². The molecule has 43 heavy (non-hydrogen) atoms. The second-order valence-electron chi connectivity index (χ2n) is 18.4. The van der Waals surface area contributed by atoms with Crippen LogP contribution < -0.4 is 0 Å². The maximum Gasteiger partial charge on any atom is 0.158 e. The first-order valence-electron chi connectivity index (χ1n) is 18.4. The lowest BCUT2D eigenvalue weighted by Gasteiger charge is -2.60. The molecule has 8 rings (SSSR count). The van der Waals surface area contributed by atoms with E-state index in [1.807, 2.05) is 0 Å². The highest BCUT2D eigenvalue weighted by atomic mass is 16.3. The first-order chi connectivity index (χ1) is 20.3. The summed E-state index contributed by atoms with van der Waals surface area (Å²) in [6, 6.07) is 0. The molecule has 1 N–H and O–H groups in total. The Labute approximate surface area is 262 Å². The summed E-state index contributed by atoms with van der Waals surface area (Å²) in [5.41, 5.74) is 3.26. The van der Waals surface area contributed by atoms with Crippen molar-refractivity contribution in [3.63, 3.8) is 0 Å². The minimum absolute atomic E-state index is 0.0909. The van der Waals surface area contributed by atoms with Gasteiger partial charge in [-0.15, -0.1) is 0 Å². The van der Waals surface area contributed by atoms with E-state index in [2.05, 4.69) is 40.9 Å². The van der Waals surface area contributed by atoms with Gasteiger partial charge in [-0.05, 0) is 170 Å². The molecule has 0 bridgehead atoms. The molecule has 0 saturated heterocycles. The van der Waals surface area contributed by atoms with Gasteiger partial charge in [-0.3, -0.25) is 9.59 Å². The smallest absolute Gasteiger partial charge is 0.158 e. The van der Waals surface area contributed by atoms with Crippen LogP contribution in [0.3, 0.4) is 0 Å². The van der Waals surface area contributed by atoms with Crippen LogP contribution >= 0.6 is 0 Å². The van der Waals surface area contributed by atoms with E-state index >= 15 is 0 Å². The first kappa shape index (κ1) is 30.4. The van der Waals surface area contributed by atoms with Gasteiger partial charge in [0.1, 0.15) is 0 Å². The lowest BCUT2D eigenvalue weighted by atomic mass is 9.45. The quantitative estimate of drug-likeness (QED) is 0.287. The third-order valence-corrected chi connectivity index (χ3v) is 16.7. The zero-order valence-corrected chi connectivity index (χ0v) is 27.9. The van der Waals surface area contributed by atoms with Gasteiger partial charge in [-0.25, -0.2) is 0 Å². The van der Waals surface area contributed by atoms with Crippen LogP contribution in [0.1, 0.15) is 137 Å². The van der Waals surface area contributed by atoms with Crippen molar-refractivity contribution in [3.8, 4) is 0 Å². The van der Waals surface area contributed by atoms with Crippen LogP contribution in [0.25, 0.3) is 0 Å². The highest BCUT2D eigenvalue weighted by Gasteiger charge is 2.61. The molecule has 6 unspecified atom stereocenters. The van der Waals surface area contributed by atoms with Crippen molar-refractivity contribution < 1.29 is 14.7 Å². The number of allylic oxidation sites excluding steroid dienone is 2. The van der Waals surface area contributed by atoms with Crippen LogP contribution in [0.4, 0.5) is 0 Å². The Kier molecular flexibility index (Phi) is 7.36. The first-order valence-corrected chi connectivity index (χ1v) is 18.4. The lowest BCUT2D eigenvalue weighted by Crippen LogP contribution is -2.54. The number of Topliss-reactive ketones (excluding diaryl/α,β-unsaturated/α-hetero) is 2. The molecule has 13 atom stereocenters. The summed E-state index contributed by atoms with van der Waals surface area (Å²) in [5.74, 6) is 6.86. The predicted octanol–water partition coefficient (Wildman–Crippen LogP) is 9.28. The number of aliphatic hydroxyl groups excluding tert-OH is 1. The molecule has 0 aromatic carbocycles. The van der Waals surface area contributed by atoms with Gasteiger partial charge in [0, 0.05) is 12.8 Å². The second kappa shape index (κ2) is 10.4. The molecule has 0 spiro atoms. The van der Waals surface area contributed by atoms with Gasteiger partial charge < -0.3 is 5.11 Å². The van der Waals surface area contributed by atoms with Crippen LogP contribution in [0.15, 0.2) is 24.3 Å². The number of rotatable bonds is 0. The molecule has 238 valence electrons. The summed E-state index contributed by atoms with van der Waals surface area (Å²) in [6.07, 6.45) is 20.4. The van der Waals surface area contributed by atoms with Crippen LogP contribution in [0.2, 0.25) is 0 Å². The highest BCUT2D eigenvalue weighted by Crippen LogP contribution is 2.67. The zero-order valence-electron chi connectivity index (χ0n) is 27.9. The van der Waals surface area contributed by atoms with Gasteiger partial charge in [0.15, 0.2) is 11.6 Å². The number of hydrogen-bond donors (Lipinski definition) is 1. The fourth-order valence-corrected chi connectivity index (χ4v) is 14.1. The monoisotopic (exact) mass is 588 g/mol. The fraction of sp³-hybridized carbons (Fsp3) is 0.850. The maximum absolute atomic E-state index is 12.1. The van der Waals surface area contributed by atoms with E-state index in [1.54, 1.807) is 0 Å². The van der Waals surface area contributed by atoms with Crippen LogP contribution in [0, 0.1) is 69.0 Å². The molecule has 0 amide bonds. The van der Waals surface area contributed by atoms with Gasteiger partial charge in [0.25, 0.3) is 0 Å². The Morgan fingerprint density at radius 2 is 1.09 bits per heavy atom. The summed E-state index contributed by atoms with van der Waals surface area (Å²) in [5, 5.41) is 10.5. The Morgan fingerprint density at radius 3 is 1.67 bits per heavy atom. The molecule has 3 heteroatoms. The molecular formula is C40H60O3. The molecule has 0 radical (unpaired) electrons. The molecule has 0 heterocycles. The fourth-order valence-electron chi connectivity index (χ4n) is 14.1. The predicted molar refractivity (Wildman–Crippen MR) is 173 cm³/mol. The van der Waals surface area contributed by atoms with Crippen molar-refractivity contribution in [1.82, 2.24) is 0 Å². The third kappa shape index (κ3) is 4.50. The standard InChI is InChI=1S/C20H30O2.C20H30O/c1-12-11-20(3)13(10-17(12)21)4-5-14-15-6-7-18(22)19(15,2)9-8-16(14)20;1-13-12-20(3)14(11-18(13)21)6-7-15-16-5-4-9-19(16,2)10-8-17(15)20/h13-16,18,22H,1,4-11H2,2-3H3;14-17H,1,4-12H2,2-3H3/t13?,14-,15-,16-,18?,19-,20-;14?,15?,16?,17?,19-,20-/m00/s1. The van der Waals surface area contributed by atoms with Crippen molar-refractivity contribution in [2.75, 3.05) is 0 Å². The summed E-state index contributed by atoms with van der Waals surface area (Å²) >= 11 is 0. The van der Waals surface area contributed by atoms with Crippen LogP contribution in [0.5, 0.6) is 0 Å². The number of carbonyl (C=O) groups is 2. The molecule has 8 fully saturated rings. The van der Waals surface area contributed by atoms with E-state index in [1.165, 1.54) is 77.0 Å². The number of aliphatic hydroxyl groups is 1. The SMILES string of the molecule is C=C1C[C@@]2(C)C(CCC3C4CCC[C@@]4(C)CCC32)CC1=O.C=C1C[C@@]2(C)C(CC[C@@H]3[C@@H]2CC[C@]2(C)C(O)CC[C@@H]32)CC1=O. The third-order valence-electron chi connectivity index (χ3n) is 16.7. The van der Waals surface area contributed by atoms with Gasteiger partial charge in [0.05, 0.1) is 6.10 Å². The topological polar surface area (TPSA) is 54.4 Å². The molecule has 0 aromatic heterocycles. The largest absolute Gasteiger partial charge is 0.393 e. The average Bonchev–Trinajstić information content (AvgIpc) is 3.50.